The number of nitrogens with one attached hydrogen (secondary N) is 2. The summed E-state index contributed by atoms with van der Waals surface area (Å²) in [6.45, 7) is 0.449. The maximum atomic E-state index is 12.9. The molecule has 3 nitrogen and oxygen atoms in total. The zero-order chi connectivity index (χ0) is 13.7. The molecular formula is C14H12FIN2O. The summed E-state index contributed by atoms with van der Waals surface area (Å²) in [5, 5.41) is 5.43. The van der Waals surface area contributed by atoms with E-state index in [1.165, 1.54) is 12.1 Å². The maximum Gasteiger partial charge on any atom is 0.319 e. The predicted molar refractivity (Wildman–Crippen MR) is 81.4 cm³/mol. The highest BCUT2D eigenvalue weighted by atomic mass is 127. The average Bonchev–Trinajstić information content (AvgIpc) is 2.41. The summed E-state index contributed by atoms with van der Waals surface area (Å²) in [4.78, 5) is 11.7. The Hall–Kier alpha value is -1.63. The molecule has 0 unspecified atom stereocenters. The van der Waals surface area contributed by atoms with Crippen LogP contribution in [0, 0.1) is 9.39 Å². The number of hydrogen-bond acceptors (Lipinski definition) is 1. The first-order valence-corrected chi connectivity index (χ1v) is 6.77. The maximum absolute atomic E-state index is 12.9. The Morgan fingerprint density at radius 1 is 1.16 bits per heavy atom. The number of urea groups is 1. The lowest BCUT2D eigenvalue weighted by molar-refractivity contribution is 0.251. The Morgan fingerprint density at radius 3 is 2.58 bits per heavy atom. The summed E-state index contributed by atoms with van der Waals surface area (Å²) in [7, 11) is 0. The second kappa shape index (κ2) is 6.51. The number of carbonyl (C=O) groups excluding carboxylic acids is 1. The van der Waals surface area contributed by atoms with E-state index >= 15 is 0 Å². The lowest BCUT2D eigenvalue weighted by atomic mass is 10.2. The Labute approximate surface area is 124 Å². The highest BCUT2D eigenvalue weighted by Gasteiger charge is 2.05. The quantitative estimate of drug-likeness (QED) is 0.794. The average molecular weight is 370 g/mol. The van der Waals surface area contributed by atoms with Crippen molar-refractivity contribution in [2.24, 2.45) is 0 Å². The van der Waals surface area contributed by atoms with Gasteiger partial charge in [-0.15, -0.1) is 0 Å². The van der Waals surface area contributed by atoms with Gasteiger partial charge in [-0.3, -0.25) is 0 Å². The van der Waals surface area contributed by atoms with E-state index in [0.717, 1.165) is 5.56 Å². The van der Waals surface area contributed by atoms with Gasteiger partial charge in [0.25, 0.3) is 0 Å². The van der Waals surface area contributed by atoms with E-state index < -0.39 is 0 Å². The molecule has 0 heterocycles. The number of anilines is 1. The molecule has 0 aliphatic heterocycles. The number of amides is 2. The molecule has 0 spiro atoms. The minimum Gasteiger partial charge on any atom is -0.334 e. The van der Waals surface area contributed by atoms with E-state index in [9.17, 15) is 9.18 Å². The van der Waals surface area contributed by atoms with Crippen LogP contribution in [0.25, 0.3) is 0 Å². The number of benzene rings is 2. The number of halogens is 2. The summed E-state index contributed by atoms with van der Waals surface area (Å²) in [6, 6.07) is 13.5. The molecule has 19 heavy (non-hydrogen) atoms. The van der Waals surface area contributed by atoms with Crippen LogP contribution in [0.5, 0.6) is 0 Å². The fourth-order valence-electron chi connectivity index (χ4n) is 1.54. The van der Waals surface area contributed by atoms with Gasteiger partial charge in [0.05, 0.1) is 5.69 Å². The zero-order valence-electron chi connectivity index (χ0n) is 9.99. The van der Waals surface area contributed by atoms with Gasteiger partial charge in [-0.25, -0.2) is 9.18 Å². The third kappa shape index (κ3) is 4.20. The molecule has 0 aliphatic carbocycles. The van der Waals surface area contributed by atoms with Crippen LogP contribution in [-0.4, -0.2) is 6.03 Å². The van der Waals surface area contributed by atoms with E-state index in [-0.39, 0.29) is 11.8 Å². The van der Waals surface area contributed by atoms with Gasteiger partial charge in [0, 0.05) is 10.1 Å². The summed E-state index contributed by atoms with van der Waals surface area (Å²) in [6.07, 6.45) is 0. The Bertz CT molecular complexity index is 575. The predicted octanol–water partition coefficient (Wildman–Crippen LogP) is 3.75. The van der Waals surface area contributed by atoms with Crippen molar-refractivity contribution in [3.8, 4) is 0 Å². The molecule has 2 amide bonds. The lowest BCUT2D eigenvalue weighted by Gasteiger charge is -2.09. The molecule has 2 N–H and O–H groups in total. The van der Waals surface area contributed by atoms with E-state index in [4.69, 9.17) is 0 Å². The van der Waals surface area contributed by atoms with Crippen LogP contribution in [0.3, 0.4) is 0 Å². The minimum absolute atomic E-state index is 0.312. The molecule has 98 valence electrons. The number of hydrogen-bond donors (Lipinski definition) is 2. The van der Waals surface area contributed by atoms with E-state index in [2.05, 4.69) is 10.6 Å². The second-order valence-corrected chi connectivity index (χ2v) is 5.08. The molecule has 0 aliphatic rings. The van der Waals surface area contributed by atoms with Crippen LogP contribution in [0.1, 0.15) is 5.56 Å². The van der Waals surface area contributed by atoms with Crippen LogP contribution < -0.4 is 10.6 Å². The third-order valence-corrected chi connectivity index (χ3v) is 3.37. The topological polar surface area (TPSA) is 41.1 Å². The largest absolute Gasteiger partial charge is 0.334 e. The van der Waals surface area contributed by atoms with Gasteiger partial charge < -0.3 is 10.6 Å². The van der Waals surface area contributed by atoms with Crippen molar-refractivity contribution < 1.29 is 9.18 Å². The fraction of sp³-hybridized carbons (Fsp3) is 0.0714. The van der Waals surface area contributed by atoms with Gasteiger partial charge in [0.1, 0.15) is 5.82 Å². The summed E-state index contributed by atoms with van der Waals surface area (Å²) < 4.78 is 13.6. The highest BCUT2D eigenvalue weighted by Crippen LogP contribution is 2.18. The van der Waals surface area contributed by atoms with E-state index in [0.29, 0.717) is 15.8 Å². The first kappa shape index (κ1) is 13.8. The normalized spacial score (nSPS) is 10.0. The highest BCUT2D eigenvalue weighted by molar-refractivity contribution is 14.1. The molecule has 0 atom stereocenters. The molecule has 0 bridgehead atoms. The molecule has 2 aromatic carbocycles. The molecule has 0 saturated heterocycles. The van der Waals surface area contributed by atoms with Crippen molar-refractivity contribution in [1.82, 2.24) is 5.32 Å². The smallest absolute Gasteiger partial charge is 0.319 e. The molecule has 0 radical (unpaired) electrons. The van der Waals surface area contributed by atoms with Crippen molar-refractivity contribution in [3.63, 3.8) is 0 Å². The molecule has 0 saturated carbocycles. The second-order valence-electron chi connectivity index (χ2n) is 3.92. The van der Waals surface area contributed by atoms with Crippen LogP contribution in [0.2, 0.25) is 0 Å². The lowest BCUT2D eigenvalue weighted by Crippen LogP contribution is -2.28. The number of carbonyl (C=O) groups is 1. The first-order chi connectivity index (χ1) is 9.15. The summed E-state index contributed by atoms with van der Waals surface area (Å²) in [5.74, 6) is -0.320. The SMILES string of the molecule is O=C(NCc1ccccc1)Nc1ccc(F)cc1I. The zero-order valence-corrected chi connectivity index (χ0v) is 12.1. The van der Waals surface area contributed by atoms with Gasteiger partial charge in [0.2, 0.25) is 0 Å². The fourth-order valence-corrected chi connectivity index (χ4v) is 2.15. The summed E-state index contributed by atoms with van der Waals surface area (Å²) >= 11 is 1.98. The van der Waals surface area contributed by atoms with Crippen molar-refractivity contribution >= 4 is 34.3 Å². The van der Waals surface area contributed by atoms with Crippen molar-refractivity contribution in [2.75, 3.05) is 5.32 Å². The van der Waals surface area contributed by atoms with Crippen molar-refractivity contribution in [1.29, 1.82) is 0 Å². The summed E-state index contributed by atoms with van der Waals surface area (Å²) in [5.41, 5.74) is 1.61. The van der Waals surface area contributed by atoms with Crippen molar-refractivity contribution in [2.45, 2.75) is 6.54 Å². The molecule has 0 aromatic heterocycles. The van der Waals surface area contributed by atoms with Gasteiger partial charge >= 0.3 is 6.03 Å². The first-order valence-electron chi connectivity index (χ1n) is 5.69. The Kier molecular flexibility index (Phi) is 4.73. The molecular weight excluding hydrogens is 358 g/mol. The Balaban J connectivity index is 1.91. The van der Waals surface area contributed by atoms with Crippen LogP contribution in [-0.2, 0) is 6.54 Å². The van der Waals surface area contributed by atoms with E-state index in [1.807, 2.05) is 52.9 Å². The Morgan fingerprint density at radius 2 is 1.89 bits per heavy atom. The molecule has 2 aromatic rings. The van der Waals surface area contributed by atoms with Crippen LogP contribution in [0.4, 0.5) is 14.9 Å². The number of rotatable bonds is 3. The van der Waals surface area contributed by atoms with E-state index in [1.54, 1.807) is 6.07 Å². The minimum atomic E-state index is -0.320. The third-order valence-electron chi connectivity index (χ3n) is 2.48. The van der Waals surface area contributed by atoms with Gasteiger partial charge in [-0.05, 0) is 46.4 Å². The van der Waals surface area contributed by atoms with Crippen LogP contribution >= 0.6 is 22.6 Å². The monoisotopic (exact) mass is 370 g/mol. The van der Waals surface area contributed by atoms with Crippen LogP contribution in [0.15, 0.2) is 48.5 Å². The van der Waals surface area contributed by atoms with Crippen molar-refractivity contribution in [3.05, 3.63) is 63.5 Å². The molecule has 5 heteroatoms. The van der Waals surface area contributed by atoms with Gasteiger partial charge in [0.15, 0.2) is 0 Å². The molecule has 0 fully saturated rings. The standard InChI is InChI=1S/C14H12FIN2O/c15-11-6-7-13(12(16)8-11)18-14(19)17-9-10-4-2-1-3-5-10/h1-8H,9H2,(H2,17,18,19). The van der Waals surface area contributed by atoms with Gasteiger partial charge in [-0.2, -0.15) is 0 Å². The molecule has 2 rings (SSSR count). The van der Waals surface area contributed by atoms with Gasteiger partial charge in [-0.1, -0.05) is 30.3 Å².